The highest BCUT2D eigenvalue weighted by atomic mass is 16.5. The number of nitrogens with one attached hydrogen (secondary N) is 1. The molecule has 7 nitrogen and oxygen atoms in total. The van der Waals surface area contributed by atoms with Crippen molar-refractivity contribution in [2.24, 2.45) is 0 Å². The molecular weight excluding hydrogens is 406 g/mol. The van der Waals surface area contributed by atoms with Gasteiger partial charge >= 0.3 is 0 Å². The highest BCUT2D eigenvalue weighted by molar-refractivity contribution is 6.00. The Hall–Kier alpha value is -4.13. The molecule has 0 aliphatic carbocycles. The van der Waals surface area contributed by atoms with E-state index in [1.54, 1.807) is 25.3 Å². The molecule has 0 unspecified atom stereocenters. The molecule has 162 valence electrons. The van der Waals surface area contributed by atoms with Gasteiger partial charge in [-0.1, -0.05) is 53.7 Å². The number of rotatable bonds is 8. The van der Waals surface area contributed by atoms with Crippen molar-refractivity contribution in [2.75, 3.05) is 13.7 Å². The van der Waals surface area contributed by atoms with Crippen LogP contribution in [0.4, 0.5) is 0 Å². The first kappa shape index (κ1) is 21.1. The summed E-state index contributed by atoms with van der Waals surface area (Å²) in [6.45, 7) is 2.79. The summed E-state index contributed by atoms with van der Waals surface area (Å²) in [4.78, 5) is 17.4. The van der Waals surface area contributed by atoms with Gasteiger partial charge in [0.05, 0.1) is 24.8 Å². The standard InChI is InChI=1S/C25H23N3O4/c1-3-31-21-14-13-17(15-22(21)30-2)16-26-24(29)19-11-7-8-12-20(19)25-27-23(28-32-25)18-9-5-4-6-10-18/h4-15H,3,16H2,1-2H3,(H,26,29). The molecular formula is C25H23N3O4. The number of carbonyl (C=O) groups is 1. The molecule has 4 rings (SSSR count). The van der Waals surface area contributed by atoms with E-state index in [4.69, 9.17) is 14.0 Å². The lowest BCUT2D eigenvalue weighted by Gasteiger charge is -2.12. The summed E-state index contributed by atoms with van der Waals surface area (Å²) in [6, 6.07) is 22.3. The van der Waals surface area contributed by atoms with Crippen LogP contribution in [0.15, 0.2) is 77.3 Å². The predicted octanol–water partition coefficient (Wildman–Crippen LogP) is 4.74. The van der Waals surface area contributed by atoms with E-state index in [0.717, 1.165) is 11.1 Å². The molecule has 0 saturated carbocycles. The van der Waals surface area contributed by atoms with E-state index in [9.17, 15) is 4.79 Å². The van der Waals surface area contributed by atoms with Crippen LogP contribution < -0.4 is 14.8 Å². The Morgan fingerprint density at radius 2 is 1.78 bits per heavy atom. The molecule has 0 aliphatic heterocycles. The molecule has 0 saturated heterocycles. The molecule has 1 heterocycles. The number of hydrogen-bond acceptors (Lipinski definition) is 6. The first-order valence-corrected chi connectivity index (χ1v) is 10.3. The fourth-order valence-electron chi connectivity index (χ4n) is 3.28. The van der Waals surface area contributed by atoms with Gasteiger partial charge in [-0.25, -0.2) is 0 Å². The second kappa shape index (κ2) is 9.78. The Bertz CT molecular complexity index is 1200. The maximum atomic E-state index is 13.0. The molecule has 3 aromatic carbocycles. The summed E-state index contributed by atoms with van der Waals surface area (Å²) in [6.07, 6.45) is 0. The molecule has 0 aliphatic rings. The number of carbonyl (C=O) groups excluding carboxylic acids is 1. The van der Waals surface area contributed by atoms with Crippen LogP contribution in [-0.2, 0) is 6.54 Å². The van der Waals surface area contributed by atoms with Crippen LogP contribution in [0.1, 0.15) is 22.8 Å². The van der Waals surface area contributed by atoms with Crippen molar-refractivity contribution in [2.45, 2.75) is 13.5 Å². The molecule has 0 spiro atoms. The zero-order valence-corrected chi connectivity index (χ0v) is 17.9. The SMILES string of the molecule is CCOc1ccc(CNC(=O)c2ccccc2-c2nc(-c3ccccc3)no2)cc1OC. The Kier molecular flexibility index (Phi) is 6.46. The Morgan fingerprint density at radius 3 is 2.56 bits per heavy atom. The van der Waals surface area contributed by atoms with Gasteiger partial charge in [-0.05, 0) is 36.8 Å². The summed E-state index contributed by atoms with van der Waals surface area (Å²) in [5, 5.41) is 7.00. The maximum absolute atomic E-state index is 13.0. The number of aromatic nitrogens is 2. The lowest BCUT2D eigenvalue weighted by atomic mass is 10.1. The normalized spacial score (nSPS) is 10.6. The zero-order valence-electron chi connectivity index (χ0n) is 17.9. The van der Waals surface area contributed by atoms with Crippen molar-refractivity contribution in [3.8, 4) is 34.3 Å². The Labute approximate surface area is 186 Å². The predicted molar refractivity (Wildman–Crippen MR) is 121 cm³/mol. The van der Waals surface area contributed by atoms with Gasteiger partial charge < -0.3 is 19.3 Å². The summed E-state index contributed by atoms with van der Waals surface area (Å²) in [5.41, 5.74) is 2.76. The van der Waals surface area contributed by atoms with E-state index in [-0.39, 0.29) is 11.8 Å². The summed E-state index contributed by atoms with van der Waals surface area (Å²) in [5.74, 6) is 1.81. The van der Waals surface area contributed by atoms with E-state index in [0.29, 0.717) is 41.6 Å². The van der Waals surface area contributed by atoms with Gasteiger partial charge in [0.25, 0.3) is 11.8 Å². The lowest BCUT2D eigenvalue weighted by molar-refractivity contribution is 0.0951. The average molecular weight is 429 g/mol. The minimum absolute atomic E-state index is 0.243. The van der Waals surface area contributed by atoms with Gasteiger partial charge in [-0.3, -0.25) is 4.79 Å². The van der Waals surface area contributed by atoms with Crippen LogP contribution in [0, 0.1) is 0 Å². The van der Waals surface area contributed by atoms with E-state index in [1.807, 2.05) is 61.5 Å². The minimum Gasteiger partial charge on any atom is -0.493 e. The summed E-state index contributed by atoms with van der Waals surface area (Å²) < 4.78 is 16.4. The molecule has 1 amide bonds. The van der Waals surface area contributed by atoms with Crippen LogP contribution in [0.5, 0.6) is 11.5 Å². The van der Waals surface area contributed by atoms with Gasteiger partial charge in [-0.2, -0.15) is 4.98 Å². The third-order valence-corrected chi connectivity index (χ3v) is 4.84. The van der Waals surface area contributed by atoms with Crippen LogP contribution in [0.3, 0.4) is 0 Å². The number of amides is 1. The highest BCUT2D eigenvalue weighted by Crippen LogP contribution is 2.28. The number of hydrogen-bond donors (Lipinski definition) is 1. The number of methoxy groups -OCH3 is 1. The summed E-state index contributed by atoms with van der Waals surface area (Å²) >= 11 is 0. The van der Waals surface area contributed by atoms with E-state index >= 15 is 0 Å². The second-order valence-electron chi connectivity index (χ2n) is 6.94. The van der Waals surface area contributed by atoms with E-state index < -0.39 is 0 Å². The average Bonchev–Trinajstić information content (AvgIpc) is 3.34. The number of benzene rings is 3. The van der Waals surface area contributed by atoms with Crippen LogP contribution in [0.25, 0.3) is 22.8 Å². The van der Waals surface area contributed by atoms with Gasteiger partial charge in [0.1, 0.15) is 0 Å². The van der Waals surface area contributed by atoms with Crippen molar-refractivity contribution in [1.29, 1.82) is 0 Å². The lowest BCUT2D eigenvalue weighted by Crippen LogP contribution is -2.23. The van der Waals surface area contributed by atoms with Crippen LogP contribution >= 0.6 is 0 Å². The van der Waals surface area contributed by atoms with E-state index in [1.165, 1.54) is 0 Å². The molecule has 4 aromatic rings. The monoisotopic (exact) mass is 429 g/mol. The van der Waals surface area contributed by atoms with Gasteiger partial charge in [0.2, 0.25) is 5.82 Å². The first-order chi connectivity index (χ1) is 15.7. The zero-order chi connectivity index (χ0) is 22.3. The number of nitrogens with zero attached hydrogens (tertiary/aromatic N) is 2. The maximum Gasteiger partial charge on any atom is 0.259 e. The topological polar surface area (TPSA) is 86.5 Å². The summed E-state index contributed by atoms with van der Waals surface area (Å²) in [7, 11) is 1.59. The van der Waals surface area contributed by atoms with Gasteiger partial charge in [0, 0.05) is 12.1 Å². The van der Waals surface area contributed by atoms with Crippen molar-refractivity contribution in [1.82, 2.24) is 15.5 Å². The largest absolute Gasteiger partial charge is 0.493 e. The first-order valence-electron chi connectivity index (χ1n) is 10.3. The fourth-order valence-corrected chi connectivity index (χ4v) is 3.28. The van der Waals surface area contributed by atoms with Gasteiger partial charge in [-0.15, -0.1) is 0 Å². The van der Waals surface area contributed by atoms with Crippen LogP contribution in [0.2, 0.25) is 0 Å². The van der Waals surface area contributed by atoms with Crippen molar-refractivity contribution in [3.63, 3.8) is 0 Å². The molecule has 0 atom stereocenters. The van der Waals surface area contributed by atoms with Crippen molar-refractivity contribution in [3.05, 3.63) is 83.9 Å². The molecule has 7 heteroatoms. The third-order valence-electron chi connectivity index (χ3n) is 4.84. The second-order valence-corrected chi connectivity index (χ2v) is 6.94. The number of ether oxygens (including phenoxy) is 2. The Morgan fingerprint density at radius 1 is 1.00 bits per heavy atom. The molecule has 32 heavy (non-hydrogen) atoms. The fraction of sp³-hybridized carbons (Fsp3) is 0.160. The van der Waals surface area contributed by atoms with Crippen molar-refractivity contribution < 1.29 is 18.8 Å². The smallest absolute Gasteiger partial charge is 0.259 e. The molecule has 1 aromatic heterocycles. The molecule has 0 bridgehead atoms. The third kappa shape index (κ3) is 4.62. The van der Waals surface area contributed by atoms with Crippen LogP contribution in [-0.4, -0.2) is 29.8 Å². The minimum atomic E-state index is -0.243. The molecule has 0 radical (unpaired) electrons. The highest BCUT2D eigenvalue weighted by Gasteiger charge is 2.18. The van der Waals surface area contributed by atoms with Gasteiger partial charge in [0.15, 0.2) is 11.5 Å². The quantitative estimate of drug-likeness (QED) is 0.435. The van der Waals surface area contributed by atoms with Crippen molar-refractivity contribution >= 4 is 5.91 Å². The molecule has 0 fully saturated rings. The molecule has 1 N–H and O–H groups in total. The Balaban J connectivity index is 1.52. The van der Waals surface area contributed by atoms with E-state index in [2.05, 4.69) is 15.5 Å².